The second-order valence-electron chi connectivity index (χ2n) is 6.28. The number of fused-ring (bicyclic) bond motifs is 3. The van der Waals surface area contributed by atoms with E-state index in [0.717, 1.165) is 12.1 Å². The van der Waals surface area contributed by atoms with Gasteiger partial charge >= 0.3 is 12.1 Å². The van der Waals surface area contributed by atoms with Gasteiger partial charge < -0.3 is 4.74 Å². The van der Waals surface area contributed by atoms with Crippen molar-refractivity contribution in [2.24, 2.45) is 0 Å². The number of ether oxygens (including phenoxy) is 1. The maximum atomic E-state index is 12.9. The summed E-state index contributed by atoms with van der Waals surface area (Å²) in [5.74, 6) is -0.595. The van der Waals surface area contributed by atoms with Crippen LogP contribution in [0.3, 0.4) is 0 Å². The lowest BCUT2D eigenvalue weighted by Crippen LogP contribution is -2.19. The Bertz CT molecular complexity index is 1320. The minimum Gasteiger partial charge on any atom is -0.465 e. The Morgan fingerprint density at radius 3 is 2.45 bits per heavy atom. The quantitative estimate of drug-likeness (QED) is 0.482. The minimum atomic E-state index is -4.46. The van der Waals surface area contributed by atoms with Gasteiger partial charge in [-0.25, -0.2) is 14.3 Å². The molecule has 0 N–H and O–H groups in total. The number of nitrogens with zero attached hydrogens (tertiary/aromatic N) is 4. The van der Waals surface area contributed by atoms with Crippen molar-refractivity contribution in [1.29, 1.82) is 0 Å². The first-order chi connectivity index (χ1) is 13.7. The Hall–Kier alpha value is -3.69. The van der Waals surface area contributed by atoms with E-state index in [4.69, 9.17) is 4.74 Å². The number of hydrogen-bond acceptors (Lipinski definition) is 5. The first-order valence-corrected chi connectivity index (χ1v) is 8.38. The van der Waals surface area contributed by atoms with Gasteiger partial charge in [0.05, 0.1) is 29.3 Å². The Balaban J connectivity index is 1.90. The van der Waals surface area contributed by atoms with Gasteiger partial charge in [0.2, 0.25) is 0 Å². The molecule has 7 nitrogen and oxygen atoms in total. The second kappa shape index (κ2) is 6.43. The molecule has 0 spiro atoms. The third kappa shape index (κ3) is 2.93. The molecule has 3 heterocycles. The Kier molecular flexibility index (Phi) is 4.14. The fourth-order valence-electron chi connectivity index (χ4n) is 3.13. The zero-order valence-electron chi connectivity index (χ0n) is 15.2. The van der Waals surface area contributed by atoms with Crippen molar-refractivity contribution >= 4 is 22.5 Å². The molecule has 0 fully saturated rings. The molecule has 10 heteroatoms. The topological polar surface area (TPSA) is 78.5 Å². The molecule has 1 aromatic carbocycles. The normalized spacial score (nSPS) is 11.9. The number of pyridine rings is 1. The highest BCUT2D eigenvalue weighted by Gasteiger charge is 2.30. The van der Waals surface area contributed by atoms with E-state index in [1.54, 1.807) is 13.0 Å². The van der Waals surface area contributed by atoms with E-state index in [1.807, 2.05) is 0 Å². The summed E-state index contributed by atoms with van der Waals surface area (Å²) in [6.45, 7) is 1.62. The summed E-state index contributed by atoms with van der Waals surface area (Å²) in [5, 5.41) is 4.47. The highest BCUT2D eigenvalue weighted by atomic mass is 19.4. The van der Waals surface area contributed by atoms with Crippen molar-refractivity contribution in [2.45, 2.75) is 13.1 Å². The van der Waals surface area contributed by atoms with E-state index in [0.29, 0.717) is 11.2 Å². The SMILES string of the molecule is COC(=O)c1c(C)nn2c1ncc1c(=O)n(-c3ccc(C(F)(F)F)cc3)ccc12. The molecule has 4 rings (SSSR count). The molecule has 0 amide bonds. The molecule has 29 heavy (non-hydrogen) atoms. The molecule has 0 aliphatic rings. The summed E-state index contributed by atoms with van der Waals surface area (Å²) in [7, 11) is 1.25. The van der Waals surface area contributed by atoms with E-state index >= 15 is 0 Å². The molecule has 0 bridgehead atoms. The number of hydrogen-bond donors (Lipinski definition) is 0. The number of rotatable bonds is 2. The molecule has 0 saturated heterocycles. The third-order valence-electron chi connectivity index (χ3n) is 4.55. The number of halogens is 3. The third-order valence-corrected chi connectivity index (χ3v) is 4.55. The van der Waals surface area contributed by atoms with Gasteiger partial charge in [0, 0.05) is 18.1 Å². The number of alkyl halides is 3. The fraction of sp³-hybridized carbons (Fsp3) is 0.158. The standard InChI is InChI=1S/C19H13F3N4O3/c1-10-15(18(28)29-2)16-23-9-13-14(26(16)24-10)7-8-25(17(13)27)12-5-3-11(4-6-12)19(20,21)22/h3-9H,1-2H3. The van der Waals surface area contributed by atoms with Crippen LogP contribution in [0.5, 0.6) is 0 Å². The lowest BCUT2D eigenvalue weighted by Gasteiger charge is -2.10. The number of carbonyl (C=O) groups is 1. The van der Waals surface area contributed by atoms with Crippen LogP contribution in [0.1, 0.15) is 21.6 Å². The number of methoxy groups -OCH3 is 1. The van der Waals surface area contributed by atoms with Gasteiger partial charge in [0.1, 0.15) is 5.56 Å². The molecule has 0 unspecified atom stereocenters. The average molecular weight is 402 g/mol. The molecule has 0 aliphatic carbocycles. The molecule has 148 valence electrons. The van der Waals surface area contributed by atoms with Crippen molar-refractivity contribution in [3.8, 4) is 5.69 Å². The number of benzene rings is 1. The van der Waals surface area contributed by atoms with Gasteiger partial charge in [-0.2, -0.15) is 18.3 Å². The average Bonchev–Trinajstić information content (AvgIpc) is 3.03. The van der Waals surface area contributed by atoms with Gasteiger partial charge in [0.25, 0.3) is 5.56 Å². The van der Waals surface area contributed by atoms with Crippen LogP contribution in [0.25, 0.3) is 22.2 Å². The van der Waals surface area contributed by atoms with Gasteiger partial charge in [-0.05, 0) is 37.3 Å². The van der Waals surface area contributed by atoms with Gasteiger partial charge in [-0.15, -0.1) is 0 Å². The zero-order chi connectivity index (χ0) is 20.9. The van der Waals surface area contributed by atoms with Gasteiger partial charge in [-0.3, -0.25) is 9.36 Å². The summed E-state index contributed by atoms with van der Waals surface area (Å²) in [5.41, 5.74) is 0.224. The number of aryl methyl sites for hydroxylation is 1. The van der Waals surface area contributed by atoms with Crippen molar-refractivity contribution in [1.82, 2.24) is 19.2 Å². The maximum Gasteiger partial charge on any atom is 0.416 e. The van der Waals surface area contributed by atoms with Crippen LogP contribution in [0.4, 0.5) is 13.2 Å². The van der Waals surface area contributed by atoms with E-state index in [-0.39, 0.29) is 22.3 Å². The van der Waals surface area contributed by atoms with Crippen molar-refractivity contribution < 1.29 is 22.7 Å². The van der Waals surface area contributed by atoms with Crippen LogP contribution in [0.2, 0.25) is 0 Å². The van der Waals surface area contributed by atoms with Crippen molar-refractivity contribution in [2.75, 3.05) is 7.11 Å². The van der Waals surface area contributed by atoms with E-state index < -0.39 is 23.3 Å². The summed E-state index contributed by atoms with van der Waals surface area (Å²) in [4.78, 5) is 29.1. The highest BCUT2D eigenvalue weighted by molar-refractivity contribution is 5.98. The predicted octanol–water partition coefficient (Wildman–Crippen LogP) is 3.15. The van der Waals surface area contributed by atoms with Crippen LogP contribution in [0, 0.1) is 6.92 Å². The van der Waals surface area contributed by atoms with Crippen LogP contribution >= 0.6 is 0 Å². The molecule has 0 aliphatic heterocycles. The van der Waals surface area contributed by atoms with Crippen LogP contribution < -0.4 is 5.56 Å². The van der Waals surface area contributed by atoms with Gasteiger partial charge in [-0.1, -0.05) is 0 Å². The van der Waals surface area contributed by atoms with E-state index in [1.165, 1.54) is 40.7 Å². The Morgan fingerprint density at radius 2 is 1.83 bits per heavy atom. The maximum absolute atomic E-state index is 12.9. The van der Waals surface area contributed by atoms with Crippen molar-refractivity contribution in [3.63, 3.8) is 0 Å². The van der Waals surface area contributed by atoms with Crippen LogP contribution in [0.15, 0.2) is 47.5 Å². The Morgan fingerprint density at radius 1 is 1.14 bits per heavy atom. The summed E-state index contributed by atoms with van der Waals surface area (Å²) < 4.78 is 45.6. The Labute approximate surface area is 161 Å². The molecule has 0 saturated carbocycles. The predicted molar refractivity (Wildman–Crippen MR) is 97.2 cm³/mol. The van der Waals surface area contributed by atoms with Gasteiger partial charge in [0.15, 0.2) is 5.65 Å². The molecule has 4 aromatic rings. The number of esters is 1. The monoisotopic (exact) mass is 402 g/mol. The zero-order valence-corrected chi connectivity index (χ0v) is 15.2. The minimum absolute atomic E-state index is 0.193. The molecular formula is C19H13F3N4O3. The van der Waals surface area contributed by atoms with E-state index in [9.17, 15) is 22.8 Å². The van der Waals surface area contributed by atoms with E-state index in [2.05, 4.69) is 10.1 Å². The lowest BCUT2D eigenvalue weighted by atomic mass is 10.2. The largest absolute Gasteiger partial charge is 0.465 e. The van der Waals surface area contributed by atoms with Crippen molar-refractivity contribution in [3.05, 3.63) is 69.9 Å². The molecule has 0 atom stereocenters. The lowest BCUT2D eigenvalue weighted by molar-refractivity contribution is -0.137. The smallest absolute Gasteiger partial charge is 0.416 e. The molecular weight excluding hydrogens is 389 g/mol. The first kappa shape index (κ1) is 18.7. The highest BCUT2D eigenvalue weighted by Crippen LogP contribution is 2.29. The molecule has 0 radical (unpaired) electrons. The first-order valence-electron chi connectivity index (χ1n) is 8.38. The fourth-order valence-corrected chi connectivity index (χ4v) is 3.13. The summed E-state index contributed by atoms with van der Waals surface area (Å²) in [6.07, 6.45) is -1.72. The summed E-state index contributed by atoms with van der Waals surface area (Å²) >= 11 is 0. The van der Waals surface area contributed by atoms with Crippen LogP contribution in [-0.2, 0) is 10.9 Å². The second-order valence-corrected chi connectivity index (χ2v) is 6.28. The summed E-state index contributed by atoms with van der Waals surface area (Å²) in [6, 6.07) is 5.83. The number of carbonyl (C=O) groups excluding carboxylic acids is 1. The molecule has 3 aromatic heterocycles. The van der Waals surface area contributed by atoms with Crippen LogP contribution in [-0.4, -0.2) is 32.2 Å². The number of aromatic nitrogens is 4.